The van der Waals surface area contributed by atoms with Crippen molar-refractivity contribution in [1.29, 1.82) is 0 Å². The molecule has 4 heteroatoms. The molecule has 0 fully saturated rings. The first-order chi connectivity index (χ1) is 9.51. The Morgan fingerprint density at radius 1 is 1.10 bits per heavy atom. The Labute approximate surface area is 128 Å². The maximum absolute atomic E-state index is 10.3. The van der Waals surface area contributed by atoms with Gasteiger partial charge in [0.05, 0.1) is 23.3 Å². The van der Waals surface area contributed by atoms with Crippen LogP contribution in [-0.4, -0.2) is 12.2 Å². The molecule has 0 aromatic heterocycles. The number of hydrogen-bond donors (Lipinski definition) is 1. The summed E-state index contributed by atoms with van der Waals surface area (Å²) in [7, 11) is 1.53. The van der Waals surface area contributed by atoms with E-state index in [4.69, 9.17) is 27.9 Å². The summed E-state index contributed by atoms with van der Waals surface area (Å²) in [5.74, 6) is 0.503. The Balaban J connectivity index is 2.22. The van der Waals surface area contributed by atoms with E-state index < -0.39 is 6.10 Å². The van der Waals surface area contributed by atoms with Gasteiger partial charge in [-0.2, -0.15) is 0 Å². The second kappa shape index (κ2) is 6.49. The van der Waals surface area contributed by atoms with Gasteiger partial charge in [0.15, 0.2) is 0 Å². The molecule has 1 N–H and O–H groups in total. The smallest absolute Gasteiger partial charge is 0.138 e. The molecule has 2 nitrogen and oxygen atoms in total. The molecule has 20 heavy (non-hydrogen) atoms. The van der Waals surface area contributed by atoms with E-state index in [0.717, 1.165) is 5.56 Å². The fourth-order valence-corrected chi connectivity index (χ4v) is 2.54. The maximum atomic E-state index is 10.3. The molecule has 0 heterocycles. The molecule has 2 aromatic carbocycles. The van der Waals surface area contributed by atoms with Crippen LogP contribution in [0.1, 0.15) is 22.8 Å². The van der Waals surface area contributed by atoms with Crippen LogP contribution in [0.4, 0.5) is 0 Å². The number of rotatable bonds is 4. The minimum absolute atomic E-state index is 0.440. The topological polar surface area (TPSA) is 29.5 Å². The lowest BCUT2D eigenvalue weighted by Crippen LogP contribution is -2.03. The number of aliphatic hydroxyl groups excluding tert-OH is 1. The standard InChI is InChI=1S/C16H16Cl2O2/c1-10-3-5-11(6-4-10)7-15(19)12-8-14(18)16(20-2)9-13(12)17/h3-6,8-9,15,19H,7H2,1-2H3. The number of ether oxygens (including phenoxy) is 1. The minimum Gasteiger partial charge on any atom is -0.495 e. The van der Waals surface area contributed by atoms with Crippen LogP contribution in [0.25, 0.3) is 0 Å². The quantitative estimate of drug-likeness (QED) is 0.895. The van der Waals surface area contributed by atoms with Crippen LogP contribution in [-0.2, 0) is 6.42 Å². The first-order valence-corrected chi connectivity index (χ1v) is 7.03. The van der Waals surface area contributed by atoms with Crippen LogP contribution >= 0.6 is 23.2 Å². The van der Waals surface area contributed by atoms with Crippen molar-refractivity contribution in [2.24, 2.45) is 0 Å². The van der Waals surface area contributed by atoms with Crippen molar-refractivity contribution in [2.75, 3.05) is 7.11 Å². The largest absolute Gasteiger partial charge is 0.495 e. The van der Waals surface area contributed by atoms with Crippen molar-refractivity contribution in [2.45, 2.75) is 19.4 Å². The fraction of sp³-hybridized carbons (Fsp3) is 0.250. The second-order valence-corrected chi connectivity index (χ2v) is 5.53. The van der Waals surface area contributed by atoms with Gasteiger partial charge in [0, 0.05) is 18.1 Å². The number of hydrogen-bond acceptors (Lipinski definition) is 2. The Kier molecular flexibility index (Phi) is 4.92. The summed E-state index contributed by atoms with van der Waals surface area (Å²) in [5, 5.41) is 11.2. The highest BCUT2D eigenvalue weighted by Gasteiger charge is 2.15. The SMILES string of the molecule is COc1cc(Cl)c(C(O)Cc2ccc(C)cc2)cc1Cl. The van der Waals surface area contributed by atoms with Gasteiger partial charge in [-0.3, -0.25) is 0 Å². The number of methoxy groups -OCH3 is 1. The number of aliphatic hydroxyl groups is 1. The summed E-state index contributed by atoms with van der Waals surface area (Å²) in [6, 6.07) is 11.3. The lowest BCUT2D eigenvalue weighted by Gasteiger charge is -2.15. The molecule has 0 aliphatic carbocycles. The van der Waals surface area contributed by atoms with Gasteiger partial charge in [-0.05, 0) is 18.6 Å². The third-order valence-corrected chi connectivity index (χ3v) is 3.80. The molecule has 0 aliphatic rings. The fourth-order valence-electron chi connectivity index (χ4n) is 2.01. The molecule has 1 atom stereocenters. The average Bonchev–Trinajstić information content (AvgIpc) is 2.43. The van der Waals surface area contributed by atoms with Gasteiger partial charge >= 0.3 is 0 Å². The molecule has 0 aliphatic heterocycles. The Morgan fingerprint density at radius 2 is 1.75 bits per heavy atom. The average molecular weight is 311 g/mol. The molecule has 1 unspecified atom stereocenters. The maximum Gasteiger partial charge on any atom is 0.138 e. The molecule has 0 saturated carbocycles. The van der Waals surface area contributed by atoms with Gasteiger partial charge in [-0.15, -0.1) is 0 Å². The zero-order valence-corrected chi connectivity index (χ0v) is 12.9. The molecule has 0 bridgehead atoms. The van der Waals surface area contributed by atoms with Gasteiger partial charge in [0.2, 0.25) is 0 Å². The van der Waals surface area contributed by atoms with Crippen molar-refractivity contribution in [1.82, 2.24) is 0 Å². The Hall–Kier alpha value is -1.22. The zero-order chi connectivity index (χ0) is 14.7. The summed E-state index contributed by atoms with van der Waals surface area (Å²) < 4.78 is 5.09. The van der Waals surface area contributed by atoms with Crippen LogP contribution in [0.5, 0.6) is 5.75 Å². The molecule has 0 radical (unpaired) electrons. The first kappa shape index (κ1) is 15.2. The summed E-state index contributed by atoms with van der Waals surface area (Å²) in [6.07, 6.45) is -0.212. The lowest BCUT2D eigenvalue weighted by molar-refractivity contribution is 0.178. The first-order valence-electron chi connectivity index (χ1n) is 6.28. The molecule has 0 saturated heterocycles. The van der Waals surface area contributed by atoms with E-state index in [1.54, 1.807) is 12.1 Å². The van der Waals surface area contributed by atoms with Crippen molar-refractivity contribution >= 4 is 23.2 Å². The van der Waals surface area contributed by atoms with Crippen LogP contribution < -0.4 is 4.74 Å². The van der Waals surface area contributed by atoms with Gasteiger partial charge in [0.1, 0.15) is 5.75 Å². The van der Waals surface area contributed by atoms with Crippen LogP contribution in [0.2, 0.25) is 10.0 Å². The minimum atomic E-state index is -0.700. The normalized spacial score (nSPS) is 12.2. The van der Waals surface area contributed by atoms with E-state index in [1.165, 1.54) is 12.7 Å². The number of benzene rings is 2. The summed E-state index contributed by atoms with van der Waals surface area (Å²) >= 11 is 12.2. The molecule has 2 rings (SSSR count). The zero-order valence-electron chi connectivity index (χ0n) is 11.4. The second-order valence-electron chi connectivity index (χ2n) is 4.71. The van der Waals surface area contributed by atoms with Crippen LogP contribution in [0, 0.1) is 6.92 Å². The lowest BCUT2D eigenvalue weighted by atomic mass is 10.0. The Morgan fingerprint density at radius 3 is 2.35 bits per heavy atom. The van der Waals surface area contributed by atoms with Gasteiger partial charge < -0.3 is 9.84 Å². The molecule has 106 valence electrons. The summed E-state index contributed by atoms with van der Waals surface area (Å²) in [5.41, 5.74) is 2.85. The van der Waals surface area contributed by atoms with Crippen molar-refractivity contribution in [3.8, 4) is 5.75 Å². The third-order valence-electron chi connectivity index (χ3n) is 3.18. The third kappa shape index (κ3) is 3.45. The molecule has 2 aromatic rings. The predicted octanol–water partition coefficient (Wildman–Crippen LogP) is 4.59. The van der Waals surface area contributed by atoms with Gasteiger partial charge in [-0.1, -0.05) is 53.0 Å². The summed E-state index contributed by atoms with van der Waals surface area (Å²) in [6.45, 7) is 2.03. The van der Waals surface area contributed by atoms with Crippen LogP contribution in [0.15, 0.2) is 36.4 Å². The van der Waals surface area contributed by atoms with E-state index in [2.05, 4.69) is 0 Å². The van der Waals surface area contributed by atoms with E-state index in [-0.39, 0.29) is 0 Å². The van der Waals surface area contributed by atoms with Crippen molar-refractivity contribution in [3.63, 3.8) is 0 Å². The van der Waals surface area contributed by atoms with E-state index >= 15 is 0 Å². The van der Waals surface area contributed by atoms with E-state index in [0.29, 0.717) is 27.8 Å². The van der Waals surface area contributed by atoms with Crippen molar-refractivity contribution < 1.29 is 9.84 Å². The number of aryl methyl sites for hydroxylation is 1. The van der Waals surface area contributed by atoms with Crippen LogP contribution in [0.3, 0.4) is 0 Å². The Bertz CT molecular complexity index is 594. The predicted molar refractivity (Wildman–Crippen MR) is 82.9 cm³/mol. The molecule has 0 spiro atoms. The van der Waals surface area contributed by atoms with E-state index in [1.807, 2.05) is 31.2 Å². The highest BCUT2D eigenvalue weighted by atomic mass is 35.5. The molecule has 0 amide bonds. The van der Waals surface area contributed by atoms with Gasteiger partial charge in [-0.25, -0.2) is 0 Å². The van der Waals surface area contributed by atoms with Gasteiger partial charge in [0.25, 0.3) is 0 Å². The van der Waals surface area contributed by atoms with E-state index in [9.17, 15) is 5.11 Å². The highest BCUT2D eigenvalue weighted by Crippen LogP contribution is 2.34. The molecular weight excluding hydrogens is 295 g/mol. The number of halogens is 2. The summed E-state index contributed by atoms with van der Waals surface area (Å²) in [4.78, 5) is 0. The highest BCUT2D eigenvalue weighted by molar-refractivity contribution is 6.34. The van der Waals surface area contributed by atoms with Crippen molar-refractivity contribution in [3.05, 3.63) is 63.1 Å². The molecular formula is C16H16Cl2O2. The monoisotopic (exact) mass is 310 g/mol.